The van der Waals surface area contributed by atoms with Gasteiger partial charge in [-0.1, -0.05) is 39.8 Å². The van der Waals surface area contributed by atoms with E-state index in [0.29, 0.717) is 34.3 Å². The summed E-state index contributed by atoms with van der Waals surface area (Å²) in [6.07, 6.45) is 5.53. The quantitative estimate of drug-likeness (QED) is 0.429. The number of carbonyl (C=O) groups is 2. The second kappa shape index (κ2) is 10.0. The van der Waals surface area contributed by atoms with Crippen molar-refractivity contribution in [1.29, 1.82) is 5.26 Å². The number of ether oxygens (including phenoxy) is 1. The molecule has 0 bridgehead atoms. The number of nitriles is 1. The summed E-state index contributed by atoms with van der Waals surface area (Å²) >= 11 is 1.47. The number of imidazole rings is 1. The fraction of sp³-hybridized carbons (Fsp3) is 0.407. The number of hydrogen-bond donors (Lipinski definition) is 2. The lowest BCUT2D eigenvalue weighted by Gasteiger charge is -2.33. The molecule has 0 fully saturated rings. The maximum absolute atomic E-state index is 13.0. The van der Waals surface area contributed by atoms with Crippen LogP contribution in [-0.4, -0.2) is 27.9 Å². The Morgan fingerprint density at radius 1 is 1.31 bits per heavy atom. The summed E-state index contributed by atoms with van der Waals surface area (Å²) in [6.45, 7) is 8.52. The van der Waals surface area contributed by atoms with E-state index in [9.17, 15) is 14.9 Å². The van der Waals surface area contributed by atoms with Crippen molar-refractivity contribution < 1.29 is 14.3 Å². The number of hydrogen-bond acceptors (Lipinski definition) is 6. The number of nitrogens with zero attached hydrogens (tertiary/aromatic N) is 2. The fourth-order valence-electron chi connectivity index (χ4n) is 4.43. The van der Waals surface area contributed by atoms with Gasteiger partial charge in [0.15, 0.2) is 6.10 Å². The summed E-state index contributed by atoms with van der Waals surface area (Å²) in [7, 11) is 0. The molecule has 1 aliphatic rings. The number of aromatic nitrogens is 2. The Bertz CT molecular complexity index is 1250. The Kier molecular flexibility index (Phi) is 7.08. The first-order chi connectivity index (χ1) is 16.7. The van der Waals surface area contributed by atoms with Crippen LogP contribution in [0.25, 0.3) is 11.4 Å². The normalized spacial score (nSPS) is 16.1. The van der Waals surface area contributed by atoms with E-state index in [1.165, 1.54) is 16.2 Å². The minimum absolute atomic E-state index is 0.190. The molecule has 35 heavy (non-hydrogen) atoms. The number of benzene rings is 1. The second-order valence-corrected chi connectivity index (χ2v) is 11.0. The maximum atomic E-state index is 13.0. The van der Waals surface area contributed by atoms with Crippen LogP contribution in [0.4, 0.5) is 5.00 Å². The zero-order valence-corrected chi connectivity index (χ0v) is 21.3. The predicted octanol–water partition coefficient (Wildman–Crippen LogP) is 5.73. The van der Waals surface area contributed by atoms with E-state index in [2.05, 4.69) is 42.1 Å². The Labute approximate surface area is 209 Å². The minimum atomic E-state index is -0.958. The standard InChI is InChI=1S/C27H30N4O3S/c1-5-21(34-26(33)17-8-6-16(7-9-17)23-29-12-13-30-23)24(32)31-25-20(15-28)19-11-10-18(27(2,3)4)14-22(19)35-25/h6-9,12-13,18,21H,5,10-11,14H2,1-4H3,(H,29,30)(H,31,32). The molecular formula is C27H30N4O3S. The van der Waals surface area contributed by atoms with Crippen LogP contribution in [0.3, 0.4) is 0 Å². The highest BCUT2D eigenvalue weighted by molar-refractivity contribution is 7.16. The van der Waals surface area contributed by atoms with Crippen LogP contribution in [0.15, 0.2) is 36.7 Å². The lowest BCUT2D eigenvalue weighted by Crippen LogP contribution is -2.32. The number of aromatic amines is 1. The molecule has 8 heteroatoms. The highest BCUT2D eigenvalue weighted by atomic mass is 32.1. The van der Waals surface area contributed by atoms with Crippen LogP contribution in [0.2, 0.25) is 0 Å². The van der Waals surface area contributed by atoms with Gasteiger partial charge in [-0.05, 0) is 54.7 Å². The number of rotatable bonds is 6. The molecule has 1 aliphatic carbocycles. The van der Waals surface area contributed by atoms with Gasteiger partial charge in [-0.25, -0.2) is 9.78 Å². The van der Waals surface area contributed by atoms with Crippen LogP contribution in [0, 0.1) is 22.7 Å². The maximum Gasteiger partial charge on any atom is 0.338 e. The van der Waals surface area contributed by atoms with Gasteiger partial charge in [0.2, 0.25) is 0 Å². The second-order valence-electron chi connectivity index (χ2n) is 9.93. The van der Waals surface area contributed by atoms with Crippen molar-refractivity contribution in [2.24, 2.45) is 11.3 Å². The SMILES string of the molecule is CCC(OC(=O)c1ccc(-c2ncc[nH]2)cc1)C(=O)Nc1sc2c(c1C#N)CCC(C(C)(C)C)C2. The van der Waals surface area contributed by atoms with Gasteiger partial charge < -0.3 is 15.0 Å². The van der Waals surface area contributed by atoms with Gasteiger partial charge in [-0.3, -0.25) is 4.79 Å². The van der Waals surface area contributed by atoms with Gasteiger partial charge in [-0.2, -0.15) is 5.26 Å². The molecule has 1 aromatic carbocycles. The molecule has 0 saturated heterocycles. The first kappa shape index (κ1) is 24.7. The van der Waals surface area contributed by atoms with Crippen molar-refractivity contribution in [3.05, 3.63) is 58.2 Å². The Morgan fingerprint density at radius 2 is 2.06 bits per heavy atom. The topological polar surface area (TPSA) is 108 Å². The molecule has 2 aromatic heterocycles. The van der Waals surface area contributed by atoms with E-state index >= 15 is 0 Å². The first-order valence-electron chi connectivity index (χ1n) is 11.9. The van der Waals surface area contributed by atoms with E-state index in [-0.39, 0.29) is 5.41 Å². The Balaban J connectivity index is 1.45. The lowest BCUT2D eigenvalue weighted by molar-refractivity contribution is -0.124. The van der Waals surface area contributed by atoms with Gasteiger partial charge in [-0.15, -0.1) is 11.3 Å². The molecule has 2 unspecified atom stereocenters. The third kappa shape index (κ3) is 5.30. The van der Waals surface area contributed by atoms with Crippen LogP contribution < -0.4 is 5.32 Å². The average molecular weight is 491 g/mol. The fourth-order valence-corrected chi connectivity index (χ4v) is 5.71. The number of H-pyrrole nitrogens is 1. The van der Waals surface area contributed by atoms with Crippen LogP contribution in [0.5, 0.6) is 0 Å². The Hall–Kier alpha value is -3.44. The van der Waals surface area contributed by atoms with E-state index in [1.807, 2.05) is 0 Å². The Morgan fingerprint density at radius 3 is 2.66 bits per heavy atom. The van der Waals surface area contributed by atoms with Crippen LogP contribution >= 0.6 is 11.3 Å². The number of fused-ring (bicyclic) bond motifs is 1. The van der Waals surface area contributed by atoms with E-state index < -0.39 is 18.0 Å². The summed E-state index contributed by atoms with van der Waals surface area (Å²) in [5.74, 6) is 0.247. The molecular weight excluding hydrogens is 460 g/mol. The zero-order chi connectivity index (χ0) is 25.2. The molecule has 4 rings (SSSR count). The number of carbonyl (C=O) groups excluding carboxylic acids is 2. The molecule has 182 valence electrons. The van der Waals surface area contributed by atoms with Gasteiger partial charge in [0, 0.05) is 22.8 Å². The van der Waals surface area contributed by atoms with Crippen molar-refractivity contribution in [3.8, 4) is 17.5 Å². The molecule has 2 heterocycles. The molecule has 7 nitrogen and oxygen atoms in total. The molecule has 3 aromatic rings. The van der Waals surface area contributed by atoms with Crippen LogP contribution in [0.1, 0.15) is 66.9 Å². The van der Waals surface area contributed by atoms with Crippen LogP contribution in [-0.2, 0) is 22.4 Å². The minimum Gasteiger partial charge on any atom is -0.449 e. The number of esters is 1. The van der Waals surface area contributed by atoms with E-state index in [1.54, 1.807) is 43.6 Å². The summed E-state index contributed by atoms with van der Waals surface area (Å²) in [5.41, 5.74) is 2.98. The summed E-state index contributed by atoms with van der Waals surface area (Å²) in [5, 5.41) is 13.2. The van der Waals surface area contributed by atoms with Crippen molar-refractivity contribution in [1.82, 2.24) is 9.97 Å². The first-order valence-corrected chi connectivity index (χ1v) is 12.7. The predicted molar refractivity (Wildman–Crippen MR) is 136 cm³/mol. The zero-order valence-electron chi connectivity index (χ0n) is 20.5. The number of thiophene rings is 1. The van der Waals surface area contributed by atoms with Gasteiger partial charge >= 0.3 is 5.97 Å². The smallest absolute Gasteiger partial charge is 0.338 e. The van der Waals surface area contributed by atoms with E-state index in [0.717, 1.165) is 30.4 Å². The molecule has 2 atom stereocenters. The van der Waals surface area contributed by atoms with Crippen molar-refractivity contribution in [3.63, 3.8) is 0 Å². The molecule has 1 amide bonds. The molecule has 0 spiro atoms. The van der Waals surface area contributed by atoms with Gasteiger partial charge in [0.05, 0.1) is 11.1 Å². The summed E-state index contributed by atoms with van der Waals surface area (Å²) in [6, 6.07) is 9.13. The van der Waals surface area contributed by atoms with Crippen molar-refractivity contribution in [2.75, 3.05) is 5.32 Å². The third-order valence-electron chi connectivity index (χ3n) is 6.64. The monoisotopic (exact) mass is 490 g/mol. The van der Waals surface area contributed by atoms with Gasteiger partial charge in [0.1, 0.15) is 16.9 Å². The number of anilines is 1. The molecule has 0 saturated carbocycles. The molecule has 2 N–H and O–H groups in total. The average Bonchev–Trinajstić information content (AvgIpc) is 3.49. The van der Waals surface area contributed by atoms with E-state index in [4.69, 9.17) is 4.74 Å². The van der Waals surface area contributed by atoms with Crippen molar-refractivity contribution >= 4 is 28.2 Å². The molecule has 0 radical (unpaired) electrons. The highest BCUT2D eigenvalue weighted by Gasteiger charge is 2.33. The highest BCUT2D eigenvalue weighted by Crippen LogP contribution is 2.44. The van der Waals surface area contributed by atoms with Gasteiger partial charge in [0.25, 0.3) is 5.91 Å². The molecule has 0 aliphatic heterocycles. The number of amides is 1. The third-order valence-corrected chi connectivity index (χ3v) is 7.81. The largest absolute Gasteiger partial charge is 0.449 e. The van der Waals surface area contributed by atoms with Crippen molar-refractivity contribution in [2.45, 2.75) is 59.5 Å². The summed E-state index contributed by atoms with van der Waals surface area (Å²) < 4.78 is 5.53. The number of nitrogens with one attached hydrogen (secondary N) is 2. The summed E-state index contributed by atoms with van der Waals surface area (Å²) in [4.78, 5) is 34.1. The lowest BCUT2D eigenvalue weighted by atomic mass is 9.72.